The SMILES string of the molecule is COc1cc(/C=C/C(=O)Nc2nc(-c3ccccc3Cl)cs2)ccc1OCC#N. The topological polar surface area (TPSA) is 84.2 Å². The highest BCUT2D eigenvalue weighted by Gasteiger charge is 2.09. The number of carbonyl (C=O) groups excluding carboxylic acids is 1. The Morgan fingerprint density at radius 1 is 1.31 bits per heavy atom. The van der Waals surface area contributed by atoms with Gasteiger partial charge in [-0.3, -0.25) is 10.1 Å². The van der Waals surface area contributed by atoms with Crippen molar-refractivity contribution in [2.75, 3.05) is 19.0 Å². The van der Waals surface area contributed by atoms with E-state index < -0.39 is 0 Å². The number of nitrogens with one attached hydrogen (secondary N) is 1. The summed E-state index contributed by atoms with van der Waals surface area (Å²) in [5.74, 6) is 0.631. The average Bonchev–Trinajstić information content (AvgIpc) is 3.19. The van der Waals surface area contributed by atoms with Gasteiger partial charge < -0.3 is 9.47 Å². The Morgan fingerprint density at radius 2 is 2.14 bits per heavy atom. The molecule has 0 unspecified atom stereocenters. The van der Waals surface area contributed by atoms with Gasteiger partial charge in [0, 0.05) is 22.0 Å². The second kappa shape index (κ2) is 9.73. The molecule has 0 aliphatic rings. The summed E-state index contributed by atoms with van der Waals surface area (Å²) in [6.45, 7) is -0.0715. The minimum Gasteiger partial charge on any atom is -0.493 e. The van der Waals surface area contributed by atoms with Gasteiger partial charge in [0.15, 0.2) is 23.2 Å². The van der Waals surface area contributed by atoms with Crippen LogP contribution >= 0.6 is 22.9 Å². The van der Waals surface area contributed by atoms with Gasteiger partial charge in [-0.05, 0) is 29.8 Å². The van der Waals surface area contributed by atoms with Gasteiger partial charge in [0.1, 0.15) is 6.07 Å². The summed E-state index contributed by atoms with van der Waals surface area (Å²) in [4.78, 5) is 16.6. The van der Waals surface area contributed by atoms with Gasteiger partial charge in [0.05, 0.1) is 12.8 Å². The number of anilines is 1. The lowest BCUT2D eigenvalue weighted by atomic mass is 10.2. The molecule has 6 nitrogen and oxygen atoms in total. The lowest BCUT2D eigenvalue weighted by molar-refractivity contribution is -0.111. The number of rotatable bonds is 7. The average molecular weight is 426 g/mol. The number of carbonyl (C=O) groups is 1. The van der Waals surface area contributed by atoms with Gasteiger partial charge >= 0.3 is 0 Å². The van der Waals surface area contributed by atoms with E-state index in [0.717, 1.165) is 11.1 Å². The van der Waals surface area contributed by atoms with Gasteiger partial charge in [-0.15, -0.1) is 11.3 Å². The predicted molar refractivity (Wildman–Crippen MR) is 114 cm³/mol. The molecule has 0 radical (unpaired) electrons. The van der Waals surface area contributed by atoms with Crippen LogP contribution in [0.2, 0.25) is 5.02 Å². The molecule has 0 saturated carbocycles. The Bertz CT molecular complexity index is 1090. The van der Waals surface area contributed by atoms with Crippen LogP contribution in [-0.4, -0.2) is 24.6 Å². The number of methoxy groups -OCH3 is 1. The first-order valence-electron chi connectivity index (χ1n) is 8.48. The maximum Gasteiger partial charge on any atom is 0.250 e. The summed E-state index contributed by atoms with van der Waals surface area (Å²) in [7, 11) is 1.51. The summed E-state index contributed by atoms with van der Waals surface area (Å²) in [5, 5.41) is 14.3. The predicted octanol–water partition coefficient (Wildman–Crippen LogP) is 5.03. The van der Waals surface area contributed by atoms with Crippen molar-refractivity contribution in [3.05, 3.63) is 64.5 Å². The van der Waals surface area contributed by atoms with Crippen LogP contribution in [0.15, 0.2) is 53.9 Å². The molecule has 0 bridgehead atoms. The van der Waals surface area contributed by atoms with E-state index >= 15 is 0 Å². The van der Waals surface area contributed by atoms with E-state index in [4.69, 9.17) is 26.3 Å². The highest BCUT2D eigenvalue weighted by atomic mass is 35.5. The maximum absolute atomic E-state index is 12.2. The number of hydrogen-bond acceptors (Lipinski definition) is 6. The van der Waals surface area contributed by atoms with Crippen LogP contribution in [0.4, 0.5) is 5.13 Å². The fourth-order valence-electron chi connectivity index (χ4n) is 2.46. The van der Waals surface area contributed by atoms with E-state index in [1.807, 2.05) is 29.6 Å². The van der Waals surface area contributed by atoms with E-state index in [-0.39, 0.29) is 12.5 Å². The van der Waals surface area contributed by atoms with Crippen molar-refractivity contribution in [2.45, 2.75) is 0 Å². The fraction of sp³-hybridized carbons (Fsp3) is 0.0952. The minimum absolute atomic E-state index is 0.0715. The van der Waals surface area contributed by atoms with Gasteiger partial charge in [0.2, 0.25) is 5.91 Å². The van der Waals surface area contributed by atoms with Crippen molar-refractivity contribution in [1.82, 2.24) is 4.98 Å². The molecule has 0 spiro atoms. The molecule has 29 heavy (non-hydrogen) atoms. The number of benzene rings is 2. The first-order valence-corrected chi connectivity index (χ1v) is 9.73. The first-order chi connectivity index (χ1) is 14.1. The number of halogens is 1. The van der Waals surface area contributed by atoms with Crippen molar-refractivity contribution in [3.8, 4) is 28.8 Å². The van der Waals surface area contributed by atoms with Gasteiger partial charge in [0.25, 0.3) is 0 Å². The Hall–Kier alpha value is -3.34. The van der Waals surface area contributed by atoms with Gasteiger partial charge in [-0.2, -0.15) is 5.26 Å². The maximum atomic E-state index is 12.2. The summed E-state index contributed by atoms with van der Waals surface area (Å²) in [5.41, 5.74) is 2.27. The van der Waals surface area contributed by atoms with Gasteiger partial charge in [-0.1, -0.05) is 35.9 Å². The summed E-state index contributed by atoms with van der Waals surface area (Å²) in [6.07, 6.45) is 3.05. The highest BCUT2D eigenvalue weighted by molar-refractivity contribution is 7.14. The Morgan fingerprint density at radius 3 is 2.90 bits per heavy atom. The number of hydrogen-bond donors (Lipinski definition) is 1. The Kier molecular flexibility index (Phi) is 6.85. The summed E-state index contributed by atoms with van der Waals surface area (Å²) < 4.78 is 10.5. The molecular weight excluding hydrogens is 410 g/mol. The van der Waals surface area contributed by atoms with Crippen LogP contribution in [-0.2, 0) is 4.79 Å². The van der Waals surface area contributed by atoms with Crippen LogP contribution in [0.3, 0.4) is 0 Å². The second-order valence-corrected chi connectivity index (χ2v) is 6.96. The zero-order valence-corrected chi connectivity index (χ0v) is 17.0. The molecular formula is C21H16ClN3O3S. The van der Waals surface area contributed by atoms with Crippen LogP contribution in [0.5, 0.6) is 11.5 Å². The second-order valence-electron chi connectivity index (χ2n) is 5.70. The Labute approximate surface area is 177 Å². The quantitative estimate of drug-likeness (QED) is 0.537. The summed E-state index contributed by atoms with van der Waals surface area (Å²) in [6, 6.07) is 14.5. The molecule has 0 aliphatic heterocycles. The van der Waals surface area contributed by atoms with E-state index in [1.165, 1.54) is 24.5 Å². The minimum atomic E-state index is -0.311. The molecule has 1 aromatic heterocycles. The molecule has 1 N–H and O–H groups in total. The van der Waals surface area contributed by atoms with Crippen LogP contribution < -0.4 is 14.8 Å². The lowest BCUT2D eigenvalue weighted by Crippen LogP contribution is -2.07. The molecule has 146 valence electrons. The van der Waals surface area contributed by atoms with Gasteiger partial charge in [-0.25, -0.2) is 4.98 Å². The van der Waals surface area contributed by atoms with Crippen molar-refractivity contribution in [2.24, 2.45) is 0 Å². The molecule has 0 fully saturated rings. The third-order valence-electron chi connectivity index (χ3n) is 3.79. The zero-order chi connectivity index (χ0) is 20.6. The lowest BCUT2D eigenvalue weighted by Gasteiger charge is -2.08. The van der Waals surface area contributed by atoms with Crippen LogP contribution in [0.1, 0.15) is 5.56 Å². The fourth-order valence-corrected chi connectivity index (χ4v) is 3.41. The third kappa shape index (κ3) is 5.35. The summed E-state index contributed by atoms with van der Waals surface area (Å²) >= 11 is 7.51. The van der Waals surface area contributed by atoms with Crippen molar-refractivity contribution >= 4 is 40.1 Å². The van der Waals surface area contributed by atoms with Crippen molar-refractivity contribution < 1.29 is 14.3 Å². The normalized spacial score (nSPS) is 10.5. The molecule has 0 aliphatic carbocycles. The molecule has 0 saturated heterocycles. The molecule has 1 amide bonds. The molecule has 3 rings (SSSR count). The van der Waals surface area contributed by atoms with Crippen molar-refractivity contribution in [3.63, 3.8) is 0 Å². The van der Waals surface area contributed by atoms with E-state index in [9.17, 15) is 4.79 Å². The van der Waals surface area contributed by atoms with E-state index in [2.05, 4.69) is 10.3 Å². The third-order valence-corrected chi connectivity index (χ3v) is 4.88. The number of amides is 1. The smallest absolute Gasteiger partial charge is 0.250 e. The Balaban J connectivity index is 1.66. The molecule has 2 aromatic carbocycles. The van der Waals surface area contributed by atoms with Crippen LogP contribution in [0, 0.1) is 11.3 Å². The monoisotopic (exact) mass is 425 g/mol. The molecule has 0 atom stereocenters. The zero-order valence-electron chi connectivity index (χ0n) is 15.4. The molecule has 8 heteroatoms. The standard InChI is InChI=1S/C21H16ClN3O3S/c1-27-19-12-14(6-8-18(19)28-11-10-23)7-9-20(26)25-21-24-17(13-29-21)15-4-2-3-5-16(15)22/h2-9,12-13H,11H2,1H3,(H,24,25,26)/b9-7+. The van der Waals surface area contributed by atoms with Crippen molar-refractivity contribution in [1.29, 1.82) is 5.26 Å². The largest absolute Gasteiger partial charge is 0.493 e. The number of thiazole rings is 1. The number of nitrogens with zero attached hydrogens (tertiary/aromatic N) is 2. The number of nitriles is 1. The first kappa shape index (κ1) is 20.4. The van der Waals surface area contributed by atoms with Crippen LogP contribution in [0.25, 0.3) is 17.3 Å². The highest BCUT2D eigenvalue weighted by Crippen LogP contribution is 2.30. The van der Waals surface area contributed by atoms with E-state index in [1.54, 1.807) is 30.3 Å². The molecule has 1 heterocycles. The number of aromatic nitrogens is 1. The molecule has 3 aromatic rings. The van der Waals surface area contributed by atoms with E-state index in [0.29, 0.717) is 27.3 Å². The number of ether oxygens (including phenoxy) is 2.